The standard InChI is InChI=1S/C22H16F2N2O3/c23-13-8-12(9-14(24)10-13)11-25-16-6-7-17(27)20(25)19-18(16)21(28)26(22(19)29)15-4-2-1-3-5-15/h1-10,16,18-20H,11H2. The number of benzene rings is 2. The molecule has 0 N–H and O–H groups in total. The van der Waals surface area contributed by atoms with Crippen molar-refractivity contribution >= 4 is 23.3 Å². The van der Waals surface area contributed by atoms with E-state index in [9.17, 15) is 23.2 Å². The summed E-state index contributed by atoms with van der Waals surface area (Å²) in [6.45, 7) is 0.0684. The number of anilines is 1. The summed E-state index contributed by atoms with van der Waals surface area (Å²) in [5.41, 5.74) is 0.825. The van der Waals surface area contributed by atoms with E-state index in [1.807, 2.05) is 0 Å². The third-order valence-electron chi connectivity index (χ3n) is 5.90. The smallest absolute Gasteiger partial charge is 0.239 e. The minimum absolute atomic E-state index is 0.0684. The van der Waals surface area contributed by atoms with Crippen molar-refractivity contribution in [3.63, 3.8) is 0 Å². The molecule has 0 saturated carbocycles. The molecule has 2 saturated heterocycles. The zero-order valence-corrected chi connectivity index (χ0v) is 15.2. The number of carbonyl (C=O) groups excluding carboxylic acids is 3. The zero-order valence-electron chi connectivity index (χ0n) is 15.2. The van der Waals surface area contributed by atoms with Gasteiger partial charge in [0.25, 0.3) is 0 Å². The van der Waals surface area contributed by atoms with Crippen molar-refractivity contribution in [1.82, 2.24) is 4.90 Å². The number of nitrogens with zero attached hydrogens (tertiary/aromatic N) is 2. The van der Waals surface area contributed by atoms with Crippen LogP contribution in [0.1, 0.15) is 5.56 Å². The van der Waals surface area contributed by atoms with E-state index in [-0.39, 0.29) is 18.2 Å². The summed E-state index contributed by atoms with van der Waals surface area (Å²) in [5.74, 6) is -3.98. The van der Waals surface area contributed by atoms with Crippen molar-refractivity contribution in [1.29, 1.82) is 0 Å². The van der Waals surface area contributed by atoms with Crippen LogP contribution in [0.4, 0.5) is 14.5 Å². The van der Waals surface area contributed by atoms with E-state index in [0.717, 1.165) is 11.0 Å². The molecule has 4 unspecified atom stereocenters. The van der Waals surface area contributed by atoms with Crippen molar-refractivity contribution in [2.45, 2.75) is 18.6 Å². The molecule has 3 heterocycles. The van der Waals surface area contributed by atoms with Crippen LogP contribution in [0.25, 0.3) is 0 Å². The van der Waals surface area contributed by atoms with Crippen LogP contribution in [0.5, 0.6) is 0 Å². The predicted octanol–water partition coefficient (Wildman–Crippen LogP) is 2.46. The van der Waals surface area contributed by atoms with Gasteiger partial charge in [-0.1, -0.05) is 24.3 Å². The van der Waals surface area contributed by atoms with Crippen LogP contribution >= 0.6 is 0 Å². The van der Waals surface area contributed by atoms with Gasteiger partial charge in [0.1, 0.15) is 11.6 Å². The molecule has 0 aliphatic carbocycles. The van der Waals surface area contributed by atoms with E-state index >= 15 is 0 Å². The number of ketones is 1. The summed E-state index contributed by atoms with van der Waals surface area (Å²) in [6.07, 6.45) is 3.03. The average molecular weight is 394 g/mol. The third-order valence-corrected chi connectivity index (χ3v) is 5.90. The number of rotatable bonds is 3. The van der Waals surface area contributed by atoms with E-state index in [4.69, 9.17) is 0 Å². The van der Waals surface area contributed by atoms with Crippen LogP contribution in [-0.4, -0.2) is 34.6 Å². The van der Waals surface area contributed by atoms with Crippen LogP contribution in [0.3, 0.4) is 0 Å². The summed E-state index contributed by atoms with van der Waals surface area (Å²) in [6, 6.07) is 10.5. The van der Waals surface area contributed by atoms with Gasteiger partial charge in [-0.15, -0.1) is 0 Å². The summed E-state index contributed by atoms with van der Waals surface area (Å²) in [4.78, 5) is 41.9. The van der Waals surface area contributed by atoms with Gasteiger partial charge in [-0.3, -0.25) is 19.3 Å². The van der Waals surface area contributed by atoms with Crippen LogP contribution in [0.2, 0.25) is 0 Å². The number of halogens is 2. The normalized spacial score (nSPS) is 28.3. The molecule has 0 aromatic heterocycles. The van der Waals surface area contributed by atoms with Crippen molar-refractivity contribution < 1.29 is 23.2 Å². The maximum atomic E-state index is 13.6. The summed E-state index contributed by atoms with van der Waals surface area (Å²) >= 11 is 0. The monoisotopic (exact) mass is 394 g/mol. The largest absolute Gasteiger partial charge is 0.293 e. The fourth-order valence-electron chi connectivity index (χ4n) is 4.81. The third kappa shape index (κ3) is 2.65. The van der Waals surface area contributed by atoms with Crippen molar-refractivity contribution in [3.05, 3.63) is 77.9 Å². The molecule has 3 aliphatic heterocycles. The van der Waals surface area contributed by atoms with Gasteiger partial charge >= 0.3 is 0 Å². The topological polar surface area (TPSA) is 57.7 Å². The van der Waals surface area contributed by atoms with Gasteiger partial charge in [-0.05, 0) is 35.9 Å². The van der Waals surface area contributed by atoms with E-state index in [2.05, 4.69) is 0 Å². The van der Waals surface area contributed by atoms with E-state index in [0.29, 0.717) is 11.3 Å². The molecule has 2 fully saturated rings. The number of hydrogen-bond donors (Lipinski definition) is 0. The first-order valence-corrected chi connectivity index (χ1v) is 9.31. The molecule has 3 aliphatic rings. The molecule has 4 atom stereocenters. The first kappa shape index (κ1) is 17.9. The maximum absolute atomic E-state index is 13.6. The highest BCUT2D eigenvalue weighted by molar-refractivity contribution is 6.24. The zero-order chi connectivity index (χ0) is 20.3. The van der Waals surface area contributed by atoms with E-state index in [1.54, 1.807) is 41.3 Å². The minimum atomic E-state index is -0.827. The Morgan fingerprint density at radius 3 is 2.21 bits per heavy atom. The van der Waals surface area contributed by atoms with Crippen LogP contribution in [0, 0.1) is 23.5 Å². The van der Waals surface area contributed by atoms with Gasteiger partial charge in [0.2, 0.25) is 11.8 Å². The number of fused-ring (bicyclic) bond motifs is 5. The molecular weight excluding hydrogens is 378 g/mol. The molecule has 2 bridgehead atoms. The SMILES string of the molecule is O=C1C=CC2C3C(=O)N(c4ccccc4)C(=O)C3C1N2Cc1cc(F)cc(F)c1. The van der Waals surface area contributed by atoms with Gasteiger partial charge < -0.3 is 0 Å². The number of carbonyl (C=O) groups is 3. The molecule has 2 amide bonds. The lowest BCUT2D eigenvalue weighted by atomic mass is 9.90. The first-order chi connectivity index (χ1) is 14.0. The molecule has 2 aromatic carbocycles. The number of para-hydroxylation sites is 1. The van der Waals surface area contributed by atoms with Crippen molar-refractivity contribution in [2.75, 3.05) is 4.90 Å². The number of amides is 2. The lowest BCUT2D eigenvalue weighted by molar-refractivity contribution is -0.129. The summed E-state index contributed by atoms with van der Waals surface area (Å²) in [7, 11) is 0. The van der Waals surface area contributed by atoms with Crippen LogP contribution in [0.15, 0.2) is 60.7 Å². The first-order valence-electron chi connectivity index (χ1n) is 9.31. The molecule has 5 nitrogen and oxygen atoms in total. The fourth-order valence-corrected chi connectivity index (χ4v) is 4.81. The Morgan fingerprint density at radius 2 is 1.52 bits per heavy atom. The van der Waals surface area contributed by atoms with Gasteiger partial charge in [0.15, 0.2) is 5.78 Å². The Bertz CT molecular complexity index is 1050. The van der Waals surface area contributed by atoms with Crippen molar-refractivity contribution in [3.8, 4) is 0 Å². The van der Waals surface area contributed by atoms with Gasteiger partial charge in [0.05, 0.1) is 23.6 Å². The second-order valence-electron chi connectivity index (χ2n) is 7.55. The van der Waals surface area contributed by atoms with E-state index < -0.39 is 41.5 Å². The molecule has 7 heteroatoms. The lowest BCUT2D eigenvalue weighted by Crippen LogP contribution is -2.48. The Balaban J connectivity index is 1.52. The molecule has 0 radical (unpaired) electrons. The van der Waals surface area contributed by atoms with Gasteiger partial charge in [-0.2, -0.15) is 0 Å². The Kier molecular flexibility index (Phi) is 3.96. The highest BCUT2D eigenvalue weighted by Gasteiger charge is 2.64. The van der Waals surface area contributed by atoms with E-state index in [1.165, 1.54) is 18.2 Å². The summed E-state index contributed by atoms with van der Waals surface area (Å²) in [5, 5.41) is 0. The van der Waals surface area contributed by atoms with Gasteiger partial charge in [-0.25, -0.2) is 13.7 Å². The predicted molar refractivity (Wildman–Crippen MR) is 99.5 cm³/mol. The molecule has 5 rings (SSSR count). The second kappa shape index (κ2) is 6.42. The maximum Gasteiger partial charge on any atom is 0.239 e. The van der Waals surface area contributed by atoms with Crippen molar-refractivity contribution in [2.24, 2.45) is 11.8 Å². The average Bonchev–Trinajstić information content (AvgIpc) is 3.05. The Morgan fingerprint density at radius 1 is 0.862 bits per heavy atom. The number of imide groups is 1. The Labute approximate surface area is 165 Å². The van der Waals surface area contributed by atoms with Crippen LogP contribution < -0.4 is 4.90 Å². The minimum Gasteiger partial charge on any atom is -0.293 e. The highest BCUT2D eigenvalue weighted by Crippen LogP contribution is 2.47. The van der Waals surface area contributed by atoms with Gasteiger partial charge in [0, 0.05) is 18.7 Å². The summed E-state index contributed by atoms with van der Waals surface area (Å²) < 4.78 is 27.2. The molecule has 0 spiro atoms. The number of hydrogen-bond acceptors (Lipinski definition) is 4. The van der Waals surface area contributed by atoms with Crippen LogP contribution in [-0.2, 0) is 20.9 Å². The highest BCUT2D eigenvalue weighted by atomic mass is 19.1. The lowest BCUT2D eigenvalue weighted by Gasteiger charge is -2.33. The quantitative estimate of drug-likeness (QED) is 0.751. The second-order valence-corrected chi connectivity index (χ2v) is 7.55. The Hall–Kier alpha value is -3.19. The molecular formula is C22H16F2N2O3. The molecule has 29 heavy (non-hydrogen) atoms. The molecule has 2 aromatic rings. The fraction of sp³-hybridized carbons (Fsp3) is 0.227. The molecule has 146 valence electrons.